The average Bonchev–Trinajstić information content (AvgIpc) is 2.50. The summed E-state index contributed by atoms with van der Waals surface area (Å²) >= 11 is 0. The van der Waals surface area contributed by atoms with Gasteiger partial charge in [-0.25, -0.2) is 0 Å². The molecule has 0 aromatic carbocycles. The highest BCUT2D eigenvalue weighted by Crippen LogP contribution is 2.30. The second-order valence-corrected chi connectivity index (χ2v) is 2.86. The van der Waals surface area contributed by atoms with Crippen LogP contribution in [0, 0.1) is 11.8 Å². The monoisotopic (exact) mass is 156 g/mol. The van der Waals surface area contributed by atoms with Gasteiger partial charge in [-0.15, -0.1) is 0 Å². The zero-order valence-electron chi connectivity index (χ0n) is 6.58. The van der Waals surface area contributed by atoms with Gasteiger partial charge in [0.15, 0.2) is 0 Å². The average molecular weight is 156 g/mol. The molecular formula is C8H12O3. The Labute approximate surface area is 65.7 Å². The van der Waals surface area contributed by atoms with Crippen LogP contribution >= 0.6 is 0 Å². The van der Waals surface area contributed by atoms with E-state index in [0.29, 0.717) is 0 Å². The van der Waals surface area contributed by atoms with E-state index in [9.17, 15) is 9.59 Å². The Kier molecular flexibility index (Phi) is 2.63. The second-order valence-electron chi connectivity index (χ2n) is 2.86. The van der Waals surface area contributed by atoms with Crippen LogP contribution in [0.4, 0.5) is 0 Å². The van der Waals surface area contributed by atoms with Crippen molar-refractivity contribution in [3.63, 3.8) is 0 Å². The Morgan fingerprint density at radius 1 is 1.55 bits per heavy atom. The van der Waals surface area contributed by atoms with E-state index in [4.69, 9.17) is 0 Å². The number of methoxy groups -OCH3 is 1. The zero-order chi connectivity index (χ0) is 8.27. The van der Waals surface area contributed by atoms with Crippen molar-refractivity contribution >= 4 is 12.3 Å². The molecule has 62 valence electrons. The van der Waals surface area contributed by atoms with Crippen LogP contribution < -0.4 is 0 Å². The van der Waals surface area contributed by atoms with Crippen molar-refractivity contribution in [2.75, 3.05) is 7.11 Å². The van der Waals surface area contributed by atoms with Gasteiger partial charge in [-0.1, -0.05) is 6.42 Å². The van der Waals surface area contributed by atoms with Gasteiger partial charge in [0.2, 0.25) is 0 Å². The van der Waals surface area contributed by atoms with Crippen molar-refractivity contribution < 1.29 is 14.3 Å². The molecule has 1 aliphatic carbocycles. The summed E-state index contributed by atoms with van der Waals surface area (Å²) in [4.78, 5) is 21.4. The lowest BCUT2D eigenvalue weighted by atomic mass is 9.98. The fourth-order valence-electron chi connectivity index (χ4n) is 1.60. The van der Waals surface area contributed by atoms with Crippen molar-refractivity contribution in [3.05, 3.63) is 0 Å². The van der Waals surface area contributed by atoms with Crippen molar-refractivity contribution in [1.29, 1.82) is 0 Å². The highest BCUT2D eigenvalue weighted by Gasteiger charge is 2.33. The fourth-order valence-corrected chi connectivity index (χ4v) is 1.60. The maximum Gasteiger partial charge on any atom is 0.309 e. The van der Waals surface area contributed by atoms with Gasteiger partial charge in [0.25, 0.3) is 0 Å². The molecule has 1 rings (SSSR count). The Bertz CT molecular complexity index is 165. The van der Waals surface area contributed by atoms with Gasteiger partial charge in [-0.3, -0.25) is 4.79 Å². The SMILES string of the molecule is COC(=O)[C@@H]1CCC[C@H]1C=O. The minimum Gasteiger partial charge on any atom is -0.469 e. The van der Waals surface area contributed by atoms with Gasteiger partial charge >= 0.3 is 5.97 Å². The number of aldehydes is 1. The lowest BCUT2D eigenvalue weighted by Gasteiger charge is -2.10. The summed E-state index contributed by atoms with van der Waals surface area (Å²) in [6, 6.07) is 0. The maximum atomic E-state index is 11.0. The highest BCUT2D eigenvalue weighted by molar-refractivity contribution is 5.77. The summed E-state index contributed by atoms with van der Waals surface area (Å²) in [6.45, 7) is 0. The normalized spacial score (nSPS) is 29.9. The number of carbonyl (C=O) groups is 2. The molecule has 0 saturated heterocycles. The van der Waals surface area contributed by atoms with Gasteiger partial charge < -0.3 is 9.53 Å². The molecule has 0 bridgehead atoms. The lowest BCUT2D eigenvalue weighted by Crippen LogP contribution is -2.20. The molecular weight excluding hydrogens is 144 g/mol. The van der Waals surface area contributed by atoms with E-state index in [1.54, 1.807) is 0 Å². The molecule has 0 aromatic rings. The summed E-state index contributed by atoms with van der Waals surface area (Å²) in [6.07, 6.45) is 3.47. The predicted octanol–water partition coefficient (Wildman–Crippen LogP) is 0.775. The van der Waals surface area contributed by atoms with Crippen molar-refractivity contribution in [2.45, 2.75) is 19.3 Å². The largest absolute Gasteiger partial charge is 0.469 e. The first-order chi connectivity index (χ1) is 5.29. The summed E-state index contributed by atoms with van der Waals surface area (Å²) in [5, 5.41) is 0. The number of hydrogen-bond donors (Lipinski definition) is 0. The van der Waals surface area contributed by atoms with Crippen LogP contribution in [0.15, 0.2) is 0 Å². The van der Waals surface area contributed by atoms with Gasteiger partial charge in [0, 0.05) is 5.92 Å². The number of carbonyl (C=O) groups excluding carboxylic acids is 2. The smallest absolute Gasteiger partial charge is 0.309 e. The van der Waals surface area contributed by atoms with Crippen LogP contribution in [0.5, 0.6) is 0 Å². The summed E-state index contributed by atoms with van der Waals surface area (Å²) < 4.78 is 4.57. The first-order valence-electron chi connectivity index (χ1n) is 3.82. The molecule has 0 aromatic heterocycles. The zero-order valence-corrected chi connectivity index (χ0v) is 6.58. The van der Waals surface area contributed by atoms with Crippen LogP contribution in [-0.2, 0) is 14.3 Å². The molecule has 0 spiro atoms. The van der Waals surface area contributed by atoms with Crippen LogP contribution in [0.1, 0.15) is 19.3 Å². The number of hydrogen-bond acceptors (Lipinski definition) is 3. The Morgan fingerprint density at radius 3 is 2.82 bits per heavy atom. The molecule has 0 amide bonds. The lowest BCUT2D eigenvalue weighted by molar-refractivity contribution is -0.147. The van der Waals surface area contributed by atoms with Crippen LogP contribution in [0.2, 0.25) is 0 Å². The summed E-state index contributed by atoms with van der Waals surface area (Å²) in [5.74, 6) is -0.500. The highest BCUT2D eigenvalue weighted by atomic mass is 16.5. The van der Waals surface area contributed by atoms with Gasteiger partial charge in [-0.2, -0.15) is 0 Å². The minimum absolute atomic E-state index is 0.0950. The number of rotatable bonds is 2. The number of ether oxygens (including phenoxy) is 1. The minimum atomic E-state index is -0.236. The first-order valence-corrected chi connectivity index (χ1v) is 3.82. The molecule has 2 atom stereocenters. The van der Waals surface area contributed by atoms with Crippen molar-refractivity contribution in [1.82, 2.24) is 0 Å². The molecule has 1 aliphatic rings. The molecule has 1 saturated carbocycles. The Hall–Kier alpha value is -0.860. The van der Waals surface area contributed by atoms with E-state index in [1.807, 2.05) is 0 Å². The molecule has 0 radical (unpaired) electrons. The molecule has 0 unspecified atom stereocenters. The van der Waals surface area contributed by atoms with E-state index in [-0.39, 0.29) is 17.8 Å². The van der Waals surface area contributed by atoms with Crippen molar-refractivity contribution in [2.24, 2.45) is 11.8 Å². The van der Waals surface area contributed by atoms with Gasteiger partial charge in [0.1, 0.15) is 6.29 Å². The van der Waals surface area contributed by atoms with Gasteiger partial charge in [0.05, 0.1) is 13.0 Å². The molecule has 0 N–H and O–H groups in total. The second kappa shape index (κ2) is 3.51. The van der Waals surface area contributed by atoms with E-state index in [0.717, 1.165) is 25.5 Å². The number of esters is 1. The quantitative estimate of drug-likeness (QED) is 0.438. The van der Waals surface area contributed by atoms with Crippen LogP contribution in [-0.4, -0.2) is 19.4 Å². The van der Waals surface area contributed by atoms with Crippen LogP contribution in [0.3, 0.4) is 0 Å². The summed E-state index contributed by atoms with van der Waals surface area (Å²) in [5.41, 5.74) is 0. The first kappa shape index (κ1) is 8.24. The summed E-state index contributed by atoms with van der Waals surface area (Å²) in [7, 11) is 1.36. The van der Waals surface area contributed by atoms with E-state index in [2.05, 4.69) is 4.74 Å². The molecule has 1 fully saturated rings. The topological polar surface area (TPSA) is 43.4 Å². The Balaban J connectivity index is 2.56. The van der Waals surface area contributed by atoms with Crippen LogP contribution in [0.25, 0.3) is 0 Å². The molecule has 11 heavy (non-hydrogen) atoms. The molecule has 0 heterocycles. The van der Waals surface area contributed by atoms with Gasteiger partial charge in [-0.05, 0) is 12.8 Å². The third-order valence-corrected chi connectivity index (χ3v) is 2.25. The predicted molar refractivity (Wildman–Crippen MR) is 38.9 cm³/mol. The van der Waals surface area contributed by atoms with E-state index >= 15 is 0 Å². The third kappa shape index (κ3) is 1.59. The Morgan fingerprint density at radius 2 is 2.27 bits per heavy atom. The van der Waals surface area contributed by atoms with Crippen molar-refractivity contribution in [3.8, 4) is 0 Å². The molecule has 0 aliphatic heterocycles. The molecule has 3 nitrogen and oxygen atoms in total. The maximum absolute atomic E-state index is 11.0. The third-order valence-electron chi connectivity index (χ3n) is 2.25. The molecule has 3 heteroatoms. The standard InChI is InChI=1S/C8H12O3/c1-11-8(10)7-4-2-3-6(7)5-9/h5-7H,2-4H2,1H3/t6-,7+/m0/s1. The fraction of sp³-hybridized carbons (Fsp3) is 0.750. The van der Waals surface area contributed by atoms with E-state index in [1.165, 1.54) is 7.11 Å². The van der Waals surface area contributed by atoms with E-state index < -0.39 is 0 Å².